The average Bonchev–Trinajstić information content (AvgIpc) is 3.05. The molecule has 3 rings (SSSR count). The van der Waals surface area contributed by atoms with Crippen LogP contribution in [0, 0.1) is 13.8 Å². The molecule has 1 saturated carbocycles. The van der Waals surface area contributed by atoms with Crippen LogP contribution in [0.4, 0.5) is 4.79 Å². The number of hydrogen-bond acceptors (Lipinski definition) is 6. The van der Waals surface area contributed by atoms with E-state index in [1.165, 1.54) is 0 Å². The van der Waals surface area contributed by atoms with Gasteiger partial charge in [0.1, 0.15) is 16.2 Å². The van der Waals surface area contributed by atoms with Gasteiger partial charge >= 0.3 is 6.09 Å². The van der Waals surface area contributed by atoms with E-state index in [-0.39, 0.29) is 16.7 Å². The van der Waals surface area contributed by atoms with Gasteiger partial charge in [0.05, 0.1) is 5.54 Å². The van der Waals surface area contributed by atoms with Crippen molar-refractivity contribution in [2.75, 3.05) is 7.05 Å². The Balaban J connectivity index is 1.85. The Morgan fingerprint density at radius 2 is 1.91 bits per heavy atom. The van der Waals surface area contributed by atoms with Crippen molar-refractivity contribution < 1.29 is 22.5 Å². The first-order chi connectivity index (χ1) is 15.2. The van der Waals surface area contributed by atoms with Crippen molar-refractivity contribution in [2.45, 2.75) is 82.4 Å². The summed E-state index contributed by atoms with van der Waals surface area (Å²) in [6, 6.07) is 7.16. The minimum atomic E-state index is -3.78. The van der Waals surface area contributed by atoms with E-state index in [9.17, 15) is 13.2 Å². The molecule has 1 aromatic heterocycles. The van der Waals surface area contributed by atoms with Gasteiger partial charge < -0.3 is 14.2 Å². The molecule has 1 aromatic carbocycles. The number of sulfonamides is 1. The standard InChI is InChI=1S/C23H32ClN3O5S/c1-15-20(16(2)32-25-15)33(29,30)26-19-10-12-23(13-11-19,17-8-7-9-18(24)14-17)27(6)21(28)31-22(3,4)5/h7-9,14,19,26H,10-13H2,1-6H3. The number of halogens is 1. The summed E-state index contributed by atoms with van der Waals surface area (Å²) in [5.41, 5.74) is -0.0793. The van der Waals surface area contributed by atoms with Gasteiger partial charge in [-0.2, -0.15) is 0 Å². The molecule has 8 nitrogen and oxygen atoms in total. The Labute approximate surface area is 200 Å². The third-order valence-corrected chi connectivity index (χ3v) is 8.04. The Kier molecular flexibility index (Phi) is 7.17. The molecule has 0 unspecified atom stereocenters. The summed E-state index contributed by atoms with van der Waals surface area (Å²) in [4.78, 5) is 14.7. The van der Waals surface area contributed by atoms with Crippen LogP contribution < -0.4 is 4.72 Å². The third kappa shape index (κ3) is 5.53. The maximum atomic E-state index is 13.0. The number of carbonyl (C=O) groups excluding carboxylic acids is 1. The first kappa shape index (κ1) is 25.5. The van der Waals surface area contributed by atoms with Crippen molar-refractivity contribution in [3.63, 3.8) is 0 Å². The number of ether oxygens (including phenoxy) is 1. The summed E-state index contributed by atoms with van der Waals surface area (Å²) in [5, 5.41) is 4.33. The first-order valence-electron chi connectivity index (χ1n) is 10.9. The van der Waals surface area contributed by atoms with E-state index in [0.29, 0.717) is 36.4 Å². The van der Waals surface area contributed by atoms with E-state index in [4.69, 9.17) is 20.9 Å². The maximum absolute atomic E-state index is 13.0. The number of benzene rings is 1. The van der Waals surface area contributed by atoms with Gasteiger partial charge in [-0.25, -0.2) is 17.9 Å². The number of aryl methyl sites for hydroxylation is 2. The summed E-state index contributed by atoms with van der Waals surface area (Å²) in [7, 11) is -2.05. The van der Waals surface area contributed by atoms with Crippen LogP contribution in [0.1, 0.15) is 63.5 Å². The number of nitrogens with one attached hydrogen (secondary N) is 1. The van der Waals surface area contributed by atoms with Gasteiger partial charge in [-0.3, -0.25) is 0 Å². The van der Waals surface area contributed by atoms with E-state index < -0.39 is 27.3 Å². The van der Waals surface area contributed by atoms with Crippen LogP contribution in [0.5, 0.6) is 0 Å². The maximum Gasteiger partial charge on any atom is 0.410 e. The van der Waals surface area contributed by atoms with Crippen molar-refractivity contribution in [2.24, 2.45) is 0 Å². The lowest BCUT2D eigenvalue weighted by atomic mass is 9.74. The molecule has 1 N–H and O–H groups in total. The smallest absolute Gasteiger partial charge is 0.410 e. The Morgan fingerprint density at radius 1 is 1.27 bits per heavy atom. The second kappa shape index (κ2) is 9.27. The van der Waals surface area contributed by atoms with Gasteiger partial charge in [-0.05, 0) is 78.0 Å². The molecule has 0 spiro atoms. The largest absolute Gasteiger partial charge is 0.444 e. The first-order valence-corrected chi connectivity index (χ1v) is 12.8. The molecule has 0 bridgehead atoms. The molecule has 10 heteroatoms. The van der Waals surface area contributed by atoms with E-state index >= 15 is 0 Å². The topological polar surface area (TPSA) is 102 Å². The zero-order valence-corrected chi connectivity index (χ0v) is 21.5. The second-order valence-electron chi connectivity index (χ2n) is 9.63. The normalized spacial score (nSPS) is 21.6. The number of hydrogen-bond donors (Lipinski definition) is 1. The minimum absolute atomic E-state index is 0.0834. The number of rotatable bonds is 5. The van der Waals surface area contributed by atoms with Crippen molar-refractivity contribution in [3.05, 3.63) is 46.3 Å². The van der Waals surface area contributed by atoms with Gasteiger partial charge in [0.25, 0.3) is 0 Å². The molecule has 33 heavy (non-hydrogen) atoms. The molecule has 0 radical (unpaired) electrons. The lowest BCUT2D eigenvalue weighted by Crippen LogP contribution is -2.53. The summed E-state index contributed by atoms with van der Waals surface area (Å²) in [6.07, 6.45) is 1.71. The molecular weight excluding hydrogens is 466 g/mol. The Morgan fingerprint density at radius 3 is 2.42 bits per heavy atom. The molecule has 0 aliphatic heterocycles. The van der Waals surface area contributed by atoms with Crippen LogP contribution >= 0.6 is 11.6 Å². The van der Waals surface area contributed by atoms with E-state index in [1.807, 2.05) is 39.0 Å². The molecular formula is C23H32ClN3O5S. The molecule has 2 aromatic rings. The molecule has 1 aliphatic rings. The van der Waals surface area contributed by atoms with Gasteiger partial charge in [0.2, 0.25) is 10.0 Å². The van der Waals surface area contributed by atoms with Gasteiger partial charge in [0, 0.05) is 18.1 Å². The van der Waals surface area contributed by atoms with Crippen molar-refractivity contribution in [1.82, 2.24) is 14.8 Å². The minimum Gasteiger partial charge on any atom is -0.444 e. The van der Waals surface area contributed by atoms with Crippen molar-refractivity contribution >= 4 is 27.7 Å². The lowest BCUT2D eigenvalue weighted by molar-refractivity contribution is -0.00724. The average molecular weight is 498 g/mol. The molecule has 0 saturated heterocycles. The zero-order chi connectivity index (χ0) is 24.6. The highest BCUT2D eigenvalue weighted by atomic mass is 35.5. The lowest BCUT2D eigenvalue weighted by Gasteiger charge is -2.47. The molecule has 182 valence electrons. The van der Waals surface area contributed by atoms with Crippen molar-refractivity contribution in [1.29, 1.82) is 0 Å². The fraction of sp³-hybridized carbons (Fsp3) is 0.565. The van der Waals surface area contributed by atoms with E-state index in [0.717, 1.165) is 5.56 Å². The van der Waals surface area contributed by atoms with Gasteiger partial charge in [-0.15, -0.1) is 0 Å². The number of amides is 1. The number of carbonyl (C=O) groups is 1. The van der Waals surface area contributed by atoms with Crippen LogP contribution in [0.3, 0.4) is 0 Å². The predicted octanol–water partition coefficient (Wildman–Crippen LogP) is 4.93. The highest BCUT2D eigenvalue weighted by Crippen LogP contribution is 2.43. The third-order valence-electron chi connectivity index (χ3n) is 6.04. The molecule has 1 aliphatic carbocycles. The van der Waals surface area contributed by atoms with E-state index in [1.54, 1.807) is 31.9 Å². The fourth-order valence-corrected chi connectivity index (χ4v) is 6.28. The summed E-state index contributed by atoms with van der Waals surface area (Å²) in [5.74, 6) is 0.258. The molecule has 1 fully saturated rings. The second-order valence-corrected chi connectivity index (χ2v) is 11.7. The van der Waals surface area contributed by atoms with Gasteiger partial charge in [0.15, 0.2) is 5.76 Å². The Bertz CT molecular complexity index is 1100. The fourth-order valence-electron chi connectivity index (χ4n) is 4.45. The van der Waals surface area contributed by atoms with Crippen LogP contribution in [-0.2, 0) is 20.3 Å². The van der Waals surface area contributed by atoms with Crippen LogP contribution in [0.2, 0.25) is 5.02 Å². The molecule has 1 heterocycles. The zero-order valence-electron chi connectivity index (χ0n) is 19.9. The van der Waals surface area contributed by atoms with Gasteiger partial charge in [-0.1, -0.05) is 28.9 Å². The van der Waals surface area contributed by atoms with Crippen LogP contribution in [0.25, 0.3) is 0 Å². The summed E-state index contributed by atoms with van der Waals surface area (Å²) >= 11 is 6.28. The van der Waals surface area contributed by atoms with Crippen LogP contribution in [-0.4, -0.2) is 43.3 Å². The SMILES string of the molecule is Cc1noc(C)c1S(=O)(=O)NC1CCC(c2cccc(Cl)c2)(N(C)C(=O)OC(C)(C)C)CC1. The van der Waals surface area contributed by atoms with Crippen LogP contribution in [0.15, 0.2) is 33.7 Å². The monoisotopic (exact) mass is 497 g/mol. The number of aromatic nitrogens is 1. The highest BCUT2D eigenvalue weighted by molar-refractivity contribution is 7.89. The quantitative estimate of drug-likeness (QED) is 0.628. The number of nitrogens with zero attached hydrogens (tertiary/aromatic N) is 2. The van der Waals surface area contributed by atoms with Crippen molar-refractivity contribution in [3.8, 4) is 0 Å². The summed E-state index contributed by atoms with van der Waals surface area (Å²) < 4.78 is 39.4. The van der Waals surface area contributed by atoms with E-state index in [2.05, 4.69) is 9.88 Å². The molecule has 1 amide bonds. The highest BCUT2D eigenvalue weighted by Gasteiger charge is 2.44. The molecule has 0 atom stereocenters. The Hall–Kier alpha value is -2.10. The predicted molar refractivity (Wildman–Crippen MR) is 126 cm³/mol. The summed E-state index contributed by atoms with van der Waals surface area (Å²) in [6.45, 7) is 8.66.